The lowest BCUT2D eigenvalue weighted by atomic mass is 10.0. The number of nitrogens with one attached hydrogen (secondary N) is 1. The minimum absolute atomic E-state index is 0. The van der Waals surface area contributed by atoms with Crippen LogP contribution in [-0.4, -0.2) is 32.3 Å². The number of fused-ring (bicyclic) bond motifs is 1. The zero-order valence-corrected chi connectivity index (χ0v) is 15.0. The largest absolute Gasteiger partial charge is 0.493 e. The SMILES string of the molecule is I.NC(=NCC1CCOCC1)NC1CCOc2ccccc21. The van der Waals surface area contributed by atoms with Crippen molar-refractivity contribution in [2.45, 2.75) is 25.3 Å². The molecular weight excluding hydrogens is 393 g/mol. The van der Waals surface area contributed by atoms with Crippen LogP contribution < -0.4 is 15.8 Å². The maximum Gasteiger partial charge on any atom is 0.189 e. The molecular formula is C16H24IN3O2. The summed E-state index contributed by atoms with van der Waals surface area (Å²) < 4.78 is 11.0. The molecule has 6 heteroatoms. The minimum atomic E-state index is 0. The fourth-order valence-electron chi connectivity index (χ4n) is 2.87. The molecule has 1 aromatic rings. The van der Waals surface area contributed by atoms with Crippen LogP contribution in [-0.2, 0) is 4.74 Å². The predicted molar refractivity (Wildman–Crippen MR) is 97.9 cm³/mol. The number of rotatable bonds is 3. The third-order valence-corrected chi connectivity index (χ3v) is 4.14. The number of ether oxygens (including phenoxy) is 2. The van der Waals surface area contributed by atoms with E-state index in [1.54, 1.807) is 0 Å². The first-order valence-corrected chi connectivity index (χ1v) is 7.69. The molecule has 1 fully saturated rings. The standard InChI is InChI=1S/C16H23N3O2.HI/c17-16(18-11-12-5-8-20-9-6-12)19-14-7-10-21-15-4-2-1-3-13(14)15;/h1-4,12,14H,5-11H2,(H3,17,18,19);1H. The average molecular weight is 417 g/mol. The second kappa shape index (κ2) is 8.57. The Bertz CT molecular complexity index is 504. The van der Waals surface area contributed by atoms with Gasteiger partial charge in [0.1, 0.15) is 5.75 Å². The van der Waals surface area contributed by atoms with Crippen LogP contribution in [0.5, 0.6) is 5.75 Å². The van der Waals surface area contributed by atoms with Crippen molar-refractivity contribution in [3.63, 3.8) is 0 Å². The van der Waals surface area contributed by atoms with Crippen molar-refractivity contribution in [3.8, 4) is 5.75 Å². The van der Waals surface area contributed by atoms with Crippen molar-refractivity contribution in [2.75, 3.05) is 26.4 Å². The quantitative estimate of drug-likeness (QED) is 0.451. The second-order valence-corrected chi connectivity index (χ2v) is 5.65. The summed E-state index contributed by atoms with van der Waals surface area (Å²) in [7, 11) is 0. The summed E-state index contributed by atoms with van der Waals surface area (Å²) in [6, 6.07) is 8.28. The number of para-hydroxylation sites is 1. The number of nitrogens with zero attached hydrogens (tertiary/aromatic N) is 1. The van der Waals surface area contributed by atoms with Crippen LogP contribution in [0, 0.1) is 5.92 Å². The van der Waals surface area contributed by atoms with Gasteiger partial charge in [-0.1, -0.05) is 18.2 Å². The van der Waals surface area contributed by atoms with Gasteiger partial charge >= 0.3 is 0 Å². The van der Waals surface area contributed by atoms with Gasteiger partial charge in [-0.15, -0.1) is 24.0 Å². The van der Waals surface area contributed by atoms with Gasteiger partial charge in [-0.3, -0.25) is 4.99 Å². The van der Waals surface area contributed by atoms with Crippen molar-refractivity contribution >= 4 is 29.9 Å². The molecule has 5 nitrogen and oxygen atoms in total. The summed E-state index contributed by atoms with van der Waals surface area (Å²) in [4.78, 5) is 4.50. The van der Waals surface area contributed by atoms with Gasteiger partial charge < -0.3 is 20.5 Å². The lowest BCUT2D eigenvalue weighted by Gasteiger charge is -2.27. The molecule has 0 aliphatic carbocycles. The highest BCUT2D eigenvalue weighted by molar-refractivity contribution is 14.0. The van der Waals surface area contributed by atoms with E-state index in [-0.39, 0.29) is 30.0 Å². The fourth-order valence-corrected chi connectivity index (χ4v) is 2.87. The zero-order valence-electron chi connectivity index (χ0n) is 12.7. The highest BCUT2D eigenvalue weighted by Crippen LogP contribution is 2.31. The Labute approximate surface area is 148 Å². The zero-order chi connectivity index (χ0) is 14.5. The van der Waals surface area contributed by atoms with Crippen LogP contribution in [0.2, 0.25) is 0 Å². The van der Waals surface area contributed by atoms with E-state index in [9.17, 15) is 0 Å². The number of hydrogen-bond donors (Lipinski definition) is 2. The van der Waals surface area contributed by atoms with Gasteiger partial charge in [0, 0.05) is 31.7 Å². The third-order valence-electron chi connectivity index (χ3n) is 4.14. The Morgan fingerprint density at radius 2 is 1.95 bits per heavy atom. The number of nitrogens with two attached hydrogens (primary N) is 1. The van der Waals surface area contributed by atoms with E-state index in [0.717, 1.165) is 50.3 Å². The Hall–Kier alpha value is -1.02. The molecule has 2 aliphatic heterocycles. The number of guanidine groups is 1. The van der Waals surface area contributed by atoms with E-state index in [1.165, 1.54) is 0 Å². The summed E-state index contributed by atoms with van der Waals surface area (Å²) in [6.07, 6.45) is 3.07. The van der Waals surface area contributed by atoms with Crippen molar-refractivity contribution < 1.29 is 9.47 Å². The van der Waals surface area contributed by atoms with E-state index >= 15 is 0 Å². The molecule has 122 valence electrons. The Kier molecular flexibility index (Phi) is 6.75. The van der Waals surface area contributed by atoms with E-state index < -0.39 is 0 Å². The normalized spacial score (nSPS) is 22.2. The van der Waals surface area contributed by atoms with Crippen LogP contribution >= 0.6 is 24.0 Å². The molecule has 1 atom stereocenters. The number of benzene rings is 1. The maximum absolute atomic E-state index is 6.05. The second-order valence-electron chi connectivity index (χ2n) is 5.65. The summed E-state index contributed by atoms with van der Waals surface area (Å²) in [5, 5.41) is 3.33. The van der Waals surface area contributed by atoms with Gasteiger partial charge in [-0.05, 0) is 24.8 Å². The van der Waals surface area contributed by atoms with E-state index in [2.05, 4.69) is 16.4 Å². The summed E-state index contributed by atoms with van der Waals surface area (Å²) in [5.74, 6) is 2.07. The molecule has 0 radical (unpaired) electrons. The van der Waals surface area contributed by atoms with Crippen molar-refractivity contribution in [1.82, 2.24) is 5.32 Å². The lowest BCUT2D eigenvalue weighted by molar-refractivity contribution is 0.0689. The molecule has 1 aromatic carbocycles. The van der Waals surface area contributed by atoms with Gasteiger partial charge in [-0.2, -0.15) is 0 Å². The monoisotopic (exact) mass is 417 g/mol. The topological polar surface area (TPSA) is 68.9 Å². The molecule has 1 saturated heterocycles. The van der Waals surface area contributed by atoms with Crippen LogP contribution in [0.4, 0.5) is 0 Å². The third kappa shape index (κ3) is 4.49. The number of halogens is 1. The predicted octanol–water partition coefficient (Wildman–Crippen LogP) is 2.46. The van der Waals surface area contributed by atoms with Gasteiger partial charge in [0.05, 0.1) is 12.6 Å². The Morgan fingerprint density at radius 1 is 1.18 bits per heavy atom. The first-order valence-electron chi connectivity index (χ1n) is 7.69. The van der Waals surface area contributed by atoms with E-state index in [4.69, 9.17) is 15.2 Å². The maximum atomic E-state index is 6.05. The molecule has 1 unspecified atom stereocenters. The number of hydrogen-bond acceptors (Lipinski definition) is 3. The van der Waals surface area contributed by atoms with E-state index in [1.807, 2.05) is 18.2 Å². The van der Waals surface area contributed by atoms with Crippen LogP contribution in [0.1, 0.15) is 30.9 Å². The molecule has 3 rings (SSSR count). The van der Waals surface area contributed by atoms with Crippen LogP contribution in [0.25, 0.3) is 0 Å². The first-order chi connectivity index (χ1) is 10.3. The molecule has 22 heavy (non-hydrogen) atoms. The van der Waals surface area contributed by atoms with Gasteiger partial charge in [0.15, 0.2) is 5.96 Å². The highest BCUT2D eigenvalue weighted by atomic mass is 127. The van der Waals surface area contributed by atoms with Crippen molar-refractivity contribution in [3.05, 3.63) is 29.8 Å². The summed E-state index contributed by atoms with van der Waals surface area (Å²) in [5.41, 5.74) is 7.21. The minimum Gasteiger partial charge on any atom is -0.493 e. The molecule has 3 N–H and O–H groups in total. The average Bonchev–Trinajstić information content (AvgIpc) is 2.54. The van der Waals surface area contributed by atoms with Gasteiger partial charge in [0.25, 0.3) is 0 Å². The molecule has 2 aliphatic rings. The lowest BCUT2D eigenvalue weighted by Crippen LogP contribution is -2.37. The molecule has 0 aromatic heterocycles. The molecule has 2 heterocycles. The van der Waals surface area contributed by atoms with E-state index in [0.29, 0.717) is 18.5 Å². The molecule has 0 saturated carbocycles. The fraction of sp³-hybridized carbons (Fsp3) is 0.562. The van der Waals surface area contributed by atoms with Crippen LogP contribution in [0.15, 0.2) is 29.3 Å². The molecule has 0 amide bonds. The Morgan fingerprint density at radius 3 is 2.77 bits per heavy atom. The van der Waals surface area contributed by atoms with Gasteiger partial charge in [0.2, 0.25) is 0 Å². The molecule has 0 bridgehead atoms. The first kappa shape index (κ1) is 17.3. The van der Waals surface area contributed by atoms with Gasteiger partial charge in [-0.25, -0.2) is 0 Å². The Balaban J connectivity index is 0.00000176. The summed E-state index contributed by atoms with van der Waals surface area (Å²) >= 11 is 0. The van der Waals surface area contributed by atoms with Crippen LogP contribution in [0.3, 0.4) is 0 Å². The van der Waals surface area contributed by atoms with Crippen molar-refractivity contribution in [1.29, 1.82) is 0 Å². The highest BCUT2D eigenvalue weighted by Gasteiger charge is 2.21. The smallest absolute Gasteiger partial charge is 0.189 e. The van der Waals surface area contributed by atoms with Crippen molar-refractivity contribution in [2.24, 2.45) is 16.6 Å². The molecule has 0 spiro atoms. The summed E-state index contributed by atoms with van der Waals surface area (Å²) in [6.45, 7) is 3.19. The number of aliphatic imine (C=N–C) groups is 1.